The molecule has 0 aliphatic carbocycles. The highest BCUT2D eigenvalue weighted by molar-refractivity contribution is 7.15. The van der Waals surface area contributed by atoms with Crippen molar-refractivity contribution in [1.29, 1.82) is 0 Å². The molecule has 28 heavy (non-hydrogen) atoms. The Hall–Kier alpha value is -2.42. The van der Waals surface area contributed by atoms with Gasteiger partial charge in [0.2, 0.25) is 0 Å². The molecule has 8 heteroatoms. The van der Waals surface area contributed by atoms with Crippen LogP contribution in [-0.4, -0.2) is 63.8 Å². The van der Waals surface area contributed by atoms with E-state index in [0.717, 1.165) is 35.7 Å². The summed E-state index contributed by atoms with van der Waals surface area (Å²) in [4.78, 5) is 27.4. The summed E-state index contributed by atoms with van der Waals surface area (Å²) in [6, 6.07) is 11.2. The van der Waals surface area contributed by atoms with Gasteiger partial charge in [-0.05, 0) is 29.8 Å². The molecule has 0 saturated carbocycles. The van der Waals surface area contributed by atoms with Gasteiger partial charge in [-0.1, -0.05) is 12.1 Å². The number of esters is 1. The van der Waals surface area contributed by atoms with Gasteiger partial charge < -0.3 is 19.5 Å². The van der Waals surface area contributed by atoms with Crippen molar-refractivity contribution >= 4 is 23.2 Å². The third-order valence-electron chi connectivity index (χ3n) is 4.66. The highest BCUT2D eigenvalue weighted by Crippen LogP contribution is 2.24. The molecule has 2 heterocycles. The Morgan fingerprint density at radius 3 is 2.43 bits per heavy atom. The van der Waals surface area contributed by atoms with E-state index in [1.807, 2.05) is 24.3 Å². The van der Waals surface area contributed by atoms with Crippen LogP contribution in [-0.2, 0) is 9.47 Å². The lowest BCUT2D eigenvalue weighted by molar-refractivity contribution is 0.0162. The quantitative estimate of drug-likeness (QED) is 0.714. The van der Waals surface area contributed by atoms with Crippen LogP contribution in [0.5, 0.6) is 5.75 Å². The number of hydrogen-bond acceptors (Lipinski definition) is 7. The number of morpholine rings is 1. The normalized spacial score (nSPS) is 15.6. The molecule has 1 saturated heterocycles. The summed E-state index contributed by atoms with van der Waals surface area (Å²) in [7, 11) is 2.96. The molecule has 1 aromatic heterocycles. The number of nitrogens with zero attached hydrogens (tertiary/aromatic N) is 1. The maximum atomic E-state index is 12.6. The largest absolute Gasteiger partial charge is 0.497 e. The average molecular weight is 404 g/mol. The Labute approximate surface area is 168 Å². The Morgan fingerprint density at radius 2 is 1.79 bits per heavy atom. The van der Waals surface area contributed by atoms with Gasteiger partial charge in [-0.3, -0.25) is 9.69 Å². The number of hydrogen-bond donors (Lipinski definition) is 1. The minimum Gasteiger partial charge on any atom is -0.497 e. The van der Waals surface area contributed by atoms with Gasteiger partial charge in [0.1, 0.15) is 10.6 Å². The van der Waals surface area contributed by atoms with Crippen LogP contribution < -0.4 is 10.1 Å². The van der Waals surface area contributed by atoms with Crippen LogP contribution in [0.4, 0.5) is 0 Å². The van der Waals surface area contributed by atoms with Crippen LogP contribution in [0.1, 0.15) is 30.9 Å². The van der Waals surface area contributed by atoms with Gasteiger partial charge in [0.05, 0.1) is 38.4 Å². The van der Waals surface area contributed by atoms with Gasteiger partial charge >= 0.3 is 5.97 Å². The van der Waals surface area contributed by atoms with Crippen molar-refractivity contribution in [2.45, 2.75) is 6.04 Å². The molecule has 150 valence electrons. The molecule has 7 nitrogen and oxygen atoms in total. The lowest BCUT2D eigenvalue weighted by Crippen LogP contribution is -2.43. The fourth-order valence-corrected chi connectivity index (χ4v) is 3.96. The standard InChI is InChI=1S/C20H24N2O5S/c1-25-15-5-3-14(4-6-15)16(22-9-11-27-12-10-22)13-21-19(23)17-7-8-18(28-17)20(24)26-2/h3-8,16H,9-13H2,1-2H3,(H,21,23)/t16-/m1/s1. The summed E-state index contributed by atoms with van der Waals surface area (Å²) in [5.41, 5.74) is 1.10. The molecule has 2 aromatic rings. The smallest absolute Gasteiger partial charge is 0.348 e. The monoisotopic (exact) mass is 404 g/mol. The second kappa shape index (κ2) is 9.68. The number of amides is 1. The maximum absolute atomic E-state index is 12.6. The van der Waals surface area contributed by atoms with Gasteiger partial charge in [0.15, 0.2) is 0 Å². The van der Waals surface area contributed by atoms with E-state index in [1.54, 1.807) is 19.2 Å². The number of thiophene rings is 1. The maximum Gasteiger partial charge on any atom is 0.348 e. The van der Waals surface area contributed by atoms with Crippen molar-refractivity contribution in [1.82, 2.24) is 10.2 Å². The summed E-state index contributed by atoms with van der Waals surface area (Å²) in [6.07, 6.45) is 0. The predicted octanol–water partition coefficient (Wildman–Crippen LogP) is 2.35. The molecular formula is C20H24N2O5S. The van der Waals surface area contributed by atoms with E-state index < -0.39 is 5.97 Å². The third kappa shape index (κ3) is 4.89. The van der Waals surface area contributed by atoms with E-state index in [2.05, 4.69) is 10.2 Å². The zero-order chi connectivity index (χ0) is 19.9. The number of nitrogens with one attached hydrogen (secondary N) is 1. The third-order valence-corrected chi connectivity index (χ3v) is 5.72. The Kier molecular flexibility index (Phi) is 7.02. The van der Waals surface area contributed by atoms with E-state index in [0.29, 0.717) is 29.5 Å². The average Bonchev–Trinajstić information content (AvgIpc) is 3.25. The van der Waals surface area contributed by atoms with Crippen molar-refractivity contribution in [3.63, 3.8) is 0 Å². The Morgan fingerprint density at radius 1 is 1.11 bits per heavy atom. The molecule has 3 rings (SSSR count). The zero-order valence-electron chi connectivity index (χ0n) is 16.0. The molecule has 1 aliphatic heterocycles. The predicted molar refractivity (Wildman–Crippen MR) is 106 cm³/mol. The van der Waals surface area contributed by atoms with Gasteiger partial charge in [-0.25, -0.2) is 4.79 Å². The van der Waals surface area contributed by atoms with Crippen LogP contribution in [0.3, 0.4) is 0 Å². The first-order valence-electron chi connectivity index (χ1n) is 9.04. The molecule has 0 radical (unpaired) electrons. The first-order chi connectivity index (χ1) is 13.6. The molecule has 0 unspecified atom stereocenters. The molecule has 1 atom stereocenters. The van der Waals surface area contributed by atoms with E-state index in [1.165, 1.54) is 7.11 Å². The second-order valence-corrected chi connectivity index (χ2v) is 7.39. The Bertz CT molecular complexity index is 799. The van der Waals surface area contributed by atoms with Crippen LogP contribution >= 0.6 is 11.3 Å². The van der Waals surface area contributed by atoms with Crippen LogP contribution in [0.2, 0.25) is 0 Å². The number of carbonyl (C=O) groups excluding carboxylic acids is 2. The lowest BCUT2D eigenvalue weighted by Gasteiger charge is -2.35. The minimum atomic E-state index is -0.437. The van der Waals surface area contributed by atoms with Crippen molar-refractivity contribution < 1.29 is 23.8 Å². The van der Waals surface area contributed by atoms with Gasteiger partial charge in [0.25, 0.3) is 5.91 Å². The van der Waals surface area contributed by atoms with Crippen molar-refractivity contribution in [3.8, 4) is 5.75 Å². The van der Waals surface area contributed by atoms with E-state index in [9.17, 15) is 9.59 Å². The molecule has 1 amide bonds. The fourth-order valence-electron chi connectivity index (χ4n) is 3.12. The summed E-state index contributed by atoms with van der Waals surface area (Å²) in [5.74, 6) is 0.155. The fraction of sp³-hybridized carbons (Fsp3) is 0.400. The van der Waals surface area contributed by atoms with Gasteiger partial charge in [0, 0.05) is 19.6 Å². The number of benzene rings is 1. The molecule has 1 aromatic carbocycles. The van der Waals surface area contributed by atoms with E-state index >= 15 is 0 Å². The van der Waals surface area contributed by atoms with Crippen LogP contribution in [0, 0.1) is 0 Å². The van der Waals surface area contributed by atoms with E-state index in [-0.39, 0.29) is 11.9 Å². The molecular weight excluding hydrogens is 380 g/mol. The highest BCUT2D eigenvalue weighted by Gasteiger charge is 2.24. The summed E-state index contributed by atoms with van der Waals surface area (Å²) in [6.45, 7) is 3.41. The number of carbonyl (C=O) groups is 2. The van der Waals surface area contributed by atoms with Gasteiger partial charge in [-0.15, -0.1) is 11.3 Å². The van der Waals surface area contributed by atoms with Crippen molar-refractivity contribution in [2.24, 2.45) is 0 Å². The molecule has 1 N–H and O–H groups in total. The zero-order valence-corrected chi connectivity index (χ0v) is 16.8. The molecule has 1 aliphatic rings. The van der Waals surface area contributed by atoms with Crippen LogP contribution in [0.15, 0.2) is 36.4 Å². The molecule has 0 spiro atoms. The highest BCUT2D eigenvalue weighted by atomic mass is 32.1. The molecule has 1 fully saturated rings. The van der Waals surface area contributed by atoms with Crippen molar-refractivity contribution in [3.05, 3.63) is 51.7 Å². The summed E-state index contributed by atoms with van der Waals surface area (Å²) >= 11 is 1.12. The number of rotatable bonds is 7. The number of ether oxygens (including phenoxy) is 3. The Balaban J connectivity index is 1.70. The molecule has 0 bridgehead atoms. The topological polar surface area (TPSA) is 77.1 Å². The van der Waals surface area contributed by atoms with Crippen LogP contribution in [0.25, 0.3) is 0 Å². The van der Waals surface area contributed by atoms with E-state index in [4.69, 9.17) is 14.2 Å². The first kappa shape index (κ1) is 20.3. The lowest BCUT2D eigenvalue weighted by atomic mass is 10.0. The van der Waals surface area contributed by atoms with Crippen molar-refractivity contribution in [2.75, 3.05) is 47.1 Å². The first-order valence-corrected chi connectivity index (χ1v) is 9.86. The number of methoxy groups -OCH3 is 2. The van der Waals surface area contributed by atoms with Gasteiger partial charge in [-0.2, -0.15) is 0 Å². The SMILES string of the molecule is COC(=O)c1ccc(C(=O)NC[C@H](c2ccc(OC)cc2)N2CCOCC2)s1. The second-order valence-electron chi connectivity index (χ2n) is 6.30. The minimum absolute atomic E-state index is 0.0267. The summed E-state index contributed by atoms with van der Waals surface area (Å²) < 4.78 is 15.4. The summed E-state index contributed by atoms with van der Waals surface area (Å²) in [5, 5.41) is 3.00.